The maximum absolute atomic E-state index is 12.6. The Morgan fingerprint density at radius 1 is 0.879 bits per heavy atom. The summed E-state index contributed by atoms with van der Waals surface area (Å²) in [6, 6.07) is -1.47. The van der Waals surface area contributed by atoms with Gasteiger partial charge in [-0.15, -0.1) is 0 Å². The normalized spacial score (nSPS) is 18.1. The van der Waals surface area contributed by atoms with E-state index in [1.807, 2.05) is 41.5 Å². The molecule has 9 nitrogen and oxygen atoms in total. The number of nitrogens with one attached hydrogen (secondary N) is 3. The molecule has 9 heteroatoms. The van der Waals surface area contributed by atoms with E-state index in [0.29, 0.717) is 25.8 Å². The third-order valence-electron chi connectivity index (χ3n) is 5.82. The first-order valence-corrected chi connectivity index (χ1v) is 12.1. The molecule has 0 aromatic heterocycles. The first-order chi connectivity index (χ1) is 15.3. The smallest absolute Gasteiger partial charge is 0.243 e. The van der Waals surface area contributed by atoms with Crippen LogP contribution < -0.4 is 16.0 Å². The van der Waals surface area contributed by atoms with Gasteiger partial charge in [-0.25, -0.2) is 0 Å². The SMILES string of the molecule is CC(C)NC(=O)[C@H](C)NC(=O)[C@@H](NC(=O)CCCCCN1C(=O)CC(C(C)C)C1=O)C(C)C. The van der Waals surface area contributed by atoms with Gasteiger partial charge in [0.1, 0.15) is 12.1 Å². The van der Waals surface area contributed by atoms with E-state index >= 15 is 0 Å². The molecule has 1 fully saturated rings. The van der Waals surface area contributed by atoms with Gasteiger partial charge < -0.3 is 16.0 Å². The van der Waals surface area contributed by atoms with Crippen molar-refractivity contribution in [1.82, 2.24) is 20.9 Å². The van der Waals surface area contributed by atoms with E-state index in [2.05, 4.69) is 16.0 Å². The second-order valence-corrected chi connectivity index (χ2v) is 9.93. The number of hydrogen-bond acceptors (Lipinski definition) is 5. The summed E-state index contributed by atoms with van der Waals surface area (Å²) in [6.45, 7) is 13.2. The molecule has 5 amide bonds. The molecule has 0 aromatic carbocycles. The molecule has 0 bridgehead atoms. The van der Waals surface area contributed by atoms with E-state index < -0.39 is 18.0 Å². The van der Waals surface area contributed by atoms with Gasteiger partial charge in [0.15, 0.2) is 0 Å². The van der Waals surface area contributed by atoms with Crippen LogP contribution in [0.2, 0.25) is 0 Å². The van der Waals surface area contributed by atoms with Crippen LogP contribution >= 0.6 is 0 Å². The average Bonchev–Trinajstić information content (AvgIpc) is 2.99. The van der Waals surface area contributed by atoms with Crippen molar-refractivity contribution in [3.63, 3.8) is 0 Å². The predicted octanol–water partition coefficient (Wildman–Crippen LogP) is 1.75. The first-order valence-electron chi connectivity index (χ1n) is 12.1. The molecule has 3 N–H and O–H groups in total. The van der Waals surface area contributed by atoms with Crippen LogP contribution in [-0.2, 0) is 24.0 Å². The monoisotopic (exact) mass is 466 g/mol. The van der Waals surface area contributed by atoms with E-state index in [1.54, 1.807) is 6.92 Å². The Morgan fingerprint density at radius 3 is 2.03 bits per heavy atom. The highest BCUT2D eigenvalue weighted by Crippen LogP contribution is 2.26. The van der Waals surface area contributed by atoms with Gasteiger partial charge in [0.25, 0.3) is 0 Å². The second kappa shape index (κ2) is 13.3. The Hall–Kier alpha value is -2.45. The van der Waals surface area contributed by atoms with Crippen molar-refractivity contribution < 1.29 is 24.0 Å². The fraction of sp³-hybridized carbons (Fsp3) is 0.792. The Bertz CT molecular complexity index is 720. The molecule has 33 heavy (non-hydrogen) atoms. The zero-order valence-electron chi connectivity index (χ0n) is 21.2. The molecule has 3 atom stereocenters. The summed E-state index contributed by atoms with van der Waals surface area (Å²) in [5.41, 5.74) is 0. The van der Waals surface area contributed by atoms with Crippen molar-refractivity contribution in [1.29, 1.82) is 0 Å². The van der Waals surface area contributed by atoms with E-state index in [-0.39, 0.29) is 60.3 Å². The van der Waals surface area contributed by atoms with E-state index in [1.165, 1.54) is 4.90 Å². The molecule has 1 unspecified atom stereocenters. The van der Waals surface area contributed by atoms with Gasteiger partial charge in [0.2, 0.25) is 29.5 Å². The molecule has 1 aliphatic heterocycles. The fourth-order valence-corrected chi connectivity index (χ4v) is 3.76. The standard InChI is InChI=1S/C24H42N4O5/c1-14(2)18-13-20(30)28(24(18)33)12-10-8-9-11-19(29)27-21(15(3)4)23(32)26-17(7)22(31)25-16(5)6/h14-18,21H,8-13H2,1-7H3,(H,25,31)(H,26,32)(H,27,29)/t17-,18?,21-/m0/s1. The van der Waals surface area contributed by atoms with Gasteiger partial charge in [0.05, 0.1) is 0 Å². The van der Waals surface area contributed by atoms with Crippen molar-refractivity contribution in [3.05, 3.63) is 0 Å². The van der Waals surface area contributed by atoms with Gasteiger partial charge in [-0.05, 0) is 45.4 Å². The Balaban J connectivity index is 2.41. The summed E-state index contributed by atoms with van der Waals surface area (Å²) in [7, 11) is 0. The second-order valence-electron chi connectivity index (χ2n) is 9.93. The van der Waals surface area contributed by atoms with Gasteiger partial charge in [-0.1, -0.05) is 34.1 Å². The first kappa shape index (κ1) is 28.6. The minimum atomic E-state index is -0.736. The van der Waals surface area contributed by atoms with Crippen LogP contribution in [0.1, 0.15) is 80.6 Å². The Morgan fingerprint density at radius 2 is 1.52 bits per heavy atom. The molecule has 188 valence electrons. The highest BCUT2D eigenvalue weighted by atomic mass is 16.2. The fourth-order valence-electron chi connectivity index (χ4n) is 3.76. The lowest BCUT2D eigenvalue weighted by molar-refractivity contribution is -0.140. The number of unbranched alkanes of at least 4 members (excludes halogenated alkanes) is 2. The Labute approximate surface area is 197 Å². The number of amides is 5. The van der Waals surface area contributed by atoms with E-state index in [9.17, 15) is 24.0 Å². The van der Waals surface area contributed by atoms with Crippen LogP contribution in [0, 0.1) is 17.8 Å². The lowest BCUT2D eigenvalue weighted by atomic mass is 9.94. The molecule has 1 heterocycles. The van der Waals surface area contributed by atoms with Crippen molar-refractivity contribution in [3.8, 4) is 0 Å². The number of nitrogens with zero attached hydrogens (tertiary/aromatic N) is 1. The highest BCUT2D eigenvalue weighted by Gasteiger charge is 2.39. The van der Waals surface area contributed by atoms with Crippen molar-refractivity contribution in [2.75, 3.05) is 6.54 Å². The number of carbonyl (C=O) groups excluding carboxylic acids is 5. The molecule has 0 spiro atoms. The van der Waals surface area contributed by atoms with Crippen molar-refractivity contribution in [2.24, 2.45) is 17.8 Å². The molecule has 0 aromatic rings. The van der Waals surface area contributed by atoms with E-state index in [0.717, 1.165) is 0 Å². The van der Waals surface area contributed by atoms with Crippen LogP contribution in [0.25, 0.3) is 0 Å². The summed E-state index contributed by atoms with van der Waals surface area (Å²) in [4.78, 5) is 62.8. The molecule has 0 aliphatic carbocycles. The third-order valence-corrected chi connectivity index (χ3v) is 5.82. The number of likely N-dealkylation sites (tertiary alicyclic amines) is 1. The lowest BCUT2D eigenvalue weighted by Crippen LogP contribution is -2.55. The largest absolute Gasteiger partial charge is 0.352 e. The van der Waals surface area contributed by atoms with Crippen LogP contribution in [0.15, 0.2) is 0 Å². The molecular weight excluding hydrogens is 424 g/mol. The summed E-state index contributed by atoms with van der Waals surface area (Å²) < 4.78 is 0. The summed E-state index contributed by atoms with van der Waals surface area (Å²) in [5, 5.41) is 8.17. The van der Waals surface area contributed by atoms with Gasteiger partial charge in [-0.3, -0.25) is 28.9 Å². The zero-order chi connectivity index (χ0) is 25.3. The molecule has 1 aliphatic rings. The quantitative estimate of drug-likeness (QED) is 0.282. The van der Waals surface area contributed by atoms with Gasteiger partial charge in [-0.2, -0.15) is 0 Å². The van der Waals surface area contributed by atoms with Crippen LogP contribution in [-0.4, -0.2) is 59.1 Å². The molecule has 0 saturated carbocycles. The predicted molar refractivity (Wildman–Crippen MR) is 126 cm³/mol. The molecule has 1 saturated heterocycles. The molecule has 1 rings (SSSR count). The number of hydrogen-bond donors (Lipinski definition) is 3. The maximum Gasteiger partial charge on any atom is 0.243 e. The zero-order valence-corrected chi connectivity index (χ0v) is 21.2. The van der Waals surface area contributed by atoms with Crippen LogP contribution in [0.5, 0.6) is 0 Å². The molecule has 0 radical (unpaired) electrons. The van der Waals surface area contributed by atoms with Crippen molar-refractivity contribution >= 4 is 29.5 Å². The van der Waals surface area contributed by atoms with Gasteiger partial charge in [0, 0.05) is 31.3 Å². The number of rotatable bonds is 13. The highest BCUT2D eigenvalue weighted by molar-refractivity contribution is 6.03. The van der Waals surface area contributed by atoms with Crippen LogP contribution in [0.4, 0.5) is 0 Å². The van der Waals surface area contributed by atoms with Crippen LogP contribution in [0.3, 0.4) is 0 Å². The maximum atomic E-state index is 12.6. The number of carbonyl (C=O) groups is 5. The number of imide groups is 1. The Kier molecular flexibility index (Phi) is 11.5. The summed E-state index contributed by atoms with van der Waals surface area (Å²) in [5.74, 6) is -1.33. The average molecular weight is 467 g/mol. The summed E-state index contributed by atoms with van der Waals surface area (Å²) in [6.07, 6.45) is 2.47. The lowest BCUT2D eigenvalue weighted by Gasteiger charge is -2.24. The van der Waals surface area contributed by atoms with Gasteiger partial charge >= 0.3 is 0 Å². The van der Waals surface area contributed by atoms with Crippen molar-refractivity contribution in [2.45, 2.75) is 98.7 Å². The minimum absolute atomic E-state index is 0.0317. The third kappa shape index (κ3) is 9.14. The molecular formula is C24H42N4O5. The topological polar surface area (TPSA) is 125 Å². The summed E-state index contributed by atoms with van der Waals surface area (Å²) >= 11 is 0. The van der Waals surface area contributed by atoms with E-state index in [4.69, 9.17) is 0 Å². The minimum Gasteiger partial charge on any atom is -0.352 e.